The van der Waals surface area contributed by atoms with Gasteiger partial charge in [-0.15, -0.1) is 0 Å². The molecule has 3 rings (SSSR count). The van der Waals surface area contributed by atoms with Crippen molar-refractivity contribution in [1.82, 2.24) is 9.80 Å². The standard InChI is InChI=1S/C23H30ClN3O3/c1-16-4-3-5-17(2)21(16)22(23(25)29)27-12-10-26(11-13-27)14-19(28)15-30-20-8-6-18(24)7-9-20/h3-9,19,22,28H,10-15H2,1-2H3,(H2,25,29). The third kappa shape index (κ3) is 5.73. The fourth-order valence-electron chi connectivity index (χ4n) is 4.04. The molecule has 0 saturated carbocycles. The highest BCUT2D eigenvalue weighted by molar-refractivity contribution is 6.30. The van der Waals surface area contributed by atoms with Crippen molar-refractivity contribution in [2.24, 2.45) is 5.73 Å². The van der Waals surface area contributed by atoms with Gasteiger partial charge in [-0.1, -0.05) is 29.8 Å². The van der Waals surface area contributed by atoms with Gasteiger partial charge >= 0.3 is 0 Å². The molecule has 6 nitrogen and oxygen atoms in total. The van der Waals surface area contributed by atoms with Crippen molar-refractivity contribution in [3.05, 3.63) is 64.2 Å². The molecular weight excluding hydrogens is 402 g/mol. The number of piperazine rings is 1. The summed E-state index contributed by atoms with van der Waals surface area (Å²) in [5.74, 6) is 0.360. The van der Waals surface area contributed by atoms with Gasteiger partial charge in [-0.2, -0.15) is 0 Å². The van der Waals surface area contributed by atoms with Crippen LogP contribution in [0.25, 0.3) is 0 Å². The average molecular weight is 432 g/mol. The summed E-state index contributed by atoms with van der Waals surface area (Å²) in [7, 11) is 0. The minimum atomic E-state index is -0.599. The van der Waals surface area contributed by atoms with Gasteiger partial charge in [0.25, 0.3) is 0 Å². The van der Waals surface area contributed by atoms with Crippen LogP contribution in [0.1, 0.15) is 22.7 Å². The Bertz CT molecular complexity index is 831. The number of carbonyl (C=O) groups excluding carboxylic acids is 1. The quantitative estimate of drug-likeness (QED) is 0.671. The summed E-state index contributed by atoms with van der Waals surface area (Å²) in [5, 5.41) is 11.0. The Hall–Kier alpha value is -2.12. The van der Waals surface area contributed by atoms with Crippen molar-refractivity contribution in [2.75, 3.05) is 39.3 Å². The minimum Gasteiger partial charge on any atom is -0.491 e. The van der Waals surface area contributed by atoms with Gasteiger partial charge in [0.15, 0.2) is 0 Å². The van der Waals surface area contributed by atoms with E-state index < -0.39 is 12.1 Å². The SMILES string of the molecule is Cc1cccc(C)c1C(C(N)=O)N1CCN(CC(O)COc2ccc(Cl)cc2)CC1. The number of nitrogens with two attached hydrogens (primary N) is 1. The van der Waals surface area contributed by atoms with Gasteiger partial charge < -0.3 is 15.6 Å². The van der Waals surface area contributed by atoms with Crippen LogP contribution in [0, 0.1) is 13.8 Å². The van der Waals surface area contributed by atoms with Crippen LogP contribution in [0.2, 0.25) is 5.02 Å². The van der Waals surface area contributed by atoms with E-state index in [0.717, 1.165) is 29.8 Å². The second-order valence-electron chi connectivity index (χ2n) is 7.87. The molecule has 1 heterocycles. The molecule has 2 aromatic rings. The Kier molecular flexibility index (Phi) is 7.72. The predicted octanol–water partition coefficient (Wildman–Crippen LogP) is 2.54. The van der Waals surface area contributed by atoms with E-state index in [0.29, 0.717) is 30.4 Å². The molecule has 1 aliphatic rings. The summed E-state index contributed by atoms with van der Waals surface area (Å²) >= 11 is 5.87. The number of nitrogens with zero attached hydrogens (tertiary/aromatic N) is 2. The lowest BCUT2D eigenvalue weighted by Gasteiger charge is -2.39. The van der Waals surface area contributed by atoms with Gasteiger partial charge in [0, 0.05) is 37.7 Å². The first-order valence-corrected chi connectivity index (χ1v) is 10.6. The molecule has 7 heteroatoms. The molecule has 1 aliphatic heterocycles. The van der Waals surface area contributed by atoms with Crippen molar-refractivity contribution in [3.8, 4) is 5.75 Å². The number of aliphatic hydroxyl groups is 1. The van der Waals surface area contributed by atoms with Crippen LogP contribution >= 0.6 is 11.6 Å². The Morgan fingerprint density at radius 1 is 1.10 bits per heavy atom. The van der Waals surface area contributed by atoms with E-state index in [1.165, 1.54) is 0 Å². The summed E-state index contributed by atoms with van der Waals surface area (Å²) in [4.78, 5) is 16.6. The Balaban J connectivity index is 1.53. The lowest BCUT2D eigenvalue weighted by atomic mass is 9.94. The smallest absolute Gasteiger partial charge is 0.239 e. The molecule has 2 atom stereocenters. The molecule has 0 radical (unpaired) electrons. The molecule has 1 amide bonds. The van der Waals surface area contributed by atoms with E-state index >= 15 is 0 Å². The summed E-state index contributed by atoms with van der Waals surface area (Å²) in [6.07, 6.45) is -0.599. The van der Waals surface area contributed by atoms with Gasteiger partial charge in [-0.3, -0.25) is 14.6 Å². The zero-order chi connectivity index (χ0) is 21.7. The van der Waals surface area contributed by atoms with E-state index in [4.69, 9.17) is 22.1 Å². The number of carbonyl (C=O) groups is 1. The number of rotatable bonds is 8. The zero-order valence-electron chi connectivity index (χ0n) is 17.6. The number of primary amides is 1. The van der Waals surface area contributed by atoms with E-state index in [-0.39, 0.29) is 12.5 Å². The largest absolute Gasteiger partial charge is 0.491 e. The lowest BCUT2D eigenvalue weighted by Crippen LogP contribution is -2.52. The number of hydrogen-bond acceptors (Lipinski definition) is 5. The van der Waals surface area contributed by atoms with Crippen LogP contribution in [-0.2, 0) is 4.79 Å². The van der Waals surface area contributed by atoms with Crippen LogP contribution < -0.4 is 10.5 Å². The summed E-state index contributed by atoms with van der Waals surface area (Å²) in [6.45, 7) is 7.72. The van der Waals surface area contributed by atoms with Crippen LogP contribution in [0.3, 0.4) is 0 Å². The third-order valence-corrected chi connectivity index (χ3v) is 5.83. The fraction of sp³-hybridized carbons (Fsp3) is 0.435. The number of aliphatic hydroxyl groups excluding tert-OH is 1. The highest BCUT2D eigenvalue weighted by Gasteiger charge is 2.31. The summed E-state index contributed by atoms with van der Waals surface area (Å²) in [6, 6.07) is 12.7. The molecule has 2 aromatic carbocycles. The Morgan fingerprint density at radius 2 is 1.70 bits per heavy atom. The predicted molar refractivity (Wildman–Crippen MR) is 119 cm³/mol. The normalized spacial score (nSPS) is 17.5. The number of β-amino-alcohol motifs (C(OH)–C–C–N with tert-alkyl or cyclic N) is 1. The first kappa shape index (κ1) is 22.6. The molecule has 0 bridgehead atoms. The summed E-state index contributed by atoms with van der Waals surface area (Å²) < 4.78 is 5.63. The fourth-order valence-corrected chi connectivity index (χ4v) is 4.17. The van der Waals surface area contributed by atoms with Gasteiger partial charge in [0.2, 0.25) is 5.91 Å². The van der Waals surface area contributed by atoms with Crippen LogP contribution in [0.4, 0.5) is 0 Å². The van der Waals surface area contributed by atoms with E-state index in [9.17, 15) is 9.90 Å². The number of amides is 1. The maximum atomic E-state index is 12.3. The summed E-state index contributed by atoms with van der Waals surface area (Å²) in [5.41, 5.74) is 8.97. The molecule has 0 aromatic heterocycles. The van der Waals surface area contributed by atoms with E-state index in [2.05, 4.69) is 9.80 Å². The van der Waals surface area contributed by atoms with E-state index in [1.54, 1.807) is 24.3 Å². The average Bonchev–Trinajstić information content (AvgIpc) is 2.71. The van der Waals surface area contributed by atoms with Crippen molar-refractivity contribution >= 4 is 17.5 Å². The number of aryl methyl sites for hydroxylation is 2. The molecule has 0 spiro atoms. The van der Waals surface area contributed by atoms with Crippen molar-refractivity contribution in [3.63, 3.8) is 0 Å². The molecule has 2 unspecified atom stereocenters. The number of benzene rings is 2. The van der Waals surface area contributed by atoms with Crippen molar-refractivity contribution in [2.45, 2.75) is 26.0 Å². The molecule has 1 fully saturated rings. The number of halogens is 1. The number of ether oxygens (including phenoxy) is 1. The minimum absolute atomic E-state index is 0.216. The molecule has 1 saturated heterocycles. The first-order chi connectivity index (χ1) is 14.3. The number of hydrogen-bond donors (Lipinski definition) is 2. The Labute approximate surface area is 183 Å². The molecule has 3 N–H and O–H groups in total. The maximum Gasteiger partial charge on any atom is 0.239 e. The molecule has 162 valence electrons. The van der Waals surface area contributed by atoms with Crippen LogP contribution in [0.15, 0.2) is 42.5 Å². The van der Waals surface area contributed by atoms with Crippen molar-refractivity contribution < 1.29 is 14.6 Å². The molecular formula is C23H30ClN3O3. The van der Waals surface area contributed by atoms with Crippen molar-refractivity contribution in [1.29, 1.82) is 0 Å². The molecule has 0 aliphatic carbocycles. The third-order valence-electron chi connectivity index (χ3n) is 5.58. The van der Waals surface area contributed by atoms with Gasteiger partial charge in [-0.05, 0) is 54.8 Å². The van der Waals surface area contributed by atoms with Gasteiger partial charge in [0.05, 0.1) is 0 Å². The second kappa shape index (κ2) is 10.3. The topological polar surface area (TPSA) is 79.0 Å². The van der Waals surface area contributed by atoms with Gasteiger partial charge in [-0.25, -0.2) is 0 Å². The maximum absolute atomic E-state index is 12.3. The second-order valence-corrected chi connectivity index (χ2v) is 8.30. The van der Waals surface area contributed by atoms with Gasteiger partial charge in [0.1, 0.15) is 24.5 Å². The lowest BCUT2D eigenvalue weighted by molar-refractivity contribution is -0.124. The highest BCUT2D eigenvalue weighted by Crippen LogP contribution is 2.28. The Morgan fingerprint density at radius 3 is 2.27 bits per heavy atom. The zero-order valence-corrected chi connectivity index (χ0v) is 18.3. The van der Waals surface area contributed by atoms with Crippen LogP contribution in [0.5, 0.6) is 5.75 Å². The van der Waals surface area contributed by atoms with E-state index in [1.807, 2.05) is 32.0 Å². The first-order valence-electron chi connectivity index (χ1n) is 10.2. The monoisotopic (exact) mass is 431 g/mol. The van der Waals surface area contributed by atoms with Crippen LogP contribution in [-0.4, -0.2) is 66.2 Å². The molecule has 30 heavy (non-hydrogen) atoms. The highest BCUT2D eigenvalue weighted by atomic mass is 35.5.